The zero-order valence-corrected chi connectivity index (χ0v) is 9.09. The van der Waals surface area contributed by atoms with Gasteiger partial charge in [0.1, 0.15) is 0 Å². The maximum Gasteiger partial charge on any atom is 0.240 e. The summed E-state index contributed by atoms with van der Waals surface area (Å²) < 4.78 is 4.98. The highest BCUT2D eigenvalue weighted by atomic mass is 16.5. The van der Waals surface area contributed by atoms with Gasteiger partial charge in [0.15, 0.2) is 6.33 Å². The average molecular weight is 210 g/mol. The Kier molecular flexibility index (Phi) is 3.33. The lowest BCUT2D eigenvalue weighted by Gasteiger charge is -2.32. The first-order valence-corrected chi connectivity index (χ1v) is 5.49. The van der Waals surface area contributed by atoms with Gasteiger partial charge in [-0.15, -0.1) is 0 Å². The second-order valence-corrected chi connectivity index (χ2v) is 4.31. The molecule has 2 rings (SSSR count). The zero-order chi connectivity index (χ0) is 10.7. The highest BCUT2D eigenvalue weighted by Gasteiger charge is 2.22. The second-order valence-electron chi connectivity index (χ2n) is 4.31. The fraction of sp³-hybridized carbons (Fsp3) is 0.800. The van der Waals surface area contributed by atoms with Crippen LogP contribution >= 0.6 is 0 Å². The quantitative estimate of drug-likeness (QED) is 0.792. The maximum atomic E-state index is 5.89. The van der Waals surface area contributed by atoms with E-state index in [0.29, 0.717) is 17.9 Å². The molecule has 1 aromatic rings. The molecule has 1 saturated heterocycles. The van der Waals surface area contributed by atoms with Crippen LogP contribution in [0.2, 0.25) is 0 Å². The summed E-state index contributed by atoms with van der Waals surface area (Å²) >= 11 is 0. The molecule has 0 saturated carbocycles. The van der Waals surface area contributed by atoms with Gasteiger partial charge in [-0.1, -0.05) is 5.16 Å². The topological polar surface area (TPSA) is 68.2 Å². The Balaban J connectivity index is 1.79. The Hall–Kier alpha value is -0.940. The largest absolute Gasteiger partial charge is 0.338 e. The van der Waals surface area contributed by atoms with Gasteiger partial charge in [0, 0.05) is 6.04 Å². The standard InChI is InChI=1S/C10H18N4O/c1-8(11)9-2-4-14(5-3-9)6-10-12-7-13-15-10/h7-9H,2-6,11H2,1H3. The summed E-state index contributed by atoms with van der Waals surface area (Å²) in [6, 6.07) is 0.315. The van der Waals surface area contributed by atoms with Gasteiger partial charge in [0.05, 0.1) is 6.54 Å². The lowest BCUT2D eigenvalue weighted by Crippen LogP contribution is -2.39. The molecule has 1 fully saturated rings. The summed E-state index contributed by atoms with van der Waals surface area (Å²) in [4.78, 5) is 6.36. The molecule has 2 heterocycles. The molecule has 0 aliphatic carbocycles. The first kappa shape index (κ1) is 10.6. The fourth-order valence-electron chi connectivity index (χ4n) is 2.09. The van der Waals surface area contributed by atoms with Gasteiger partial charge >= 0.3 is 0 Å². The summed E-state index contributed by atoms with van der Waals surface area (Å²) in [6.45, 7) is 5.02. The normalized spacial score (nSPS) is 21.7. The maximum absolute atomic E-state index is 5.89. The van der Waals surface area contributed by atoms with Crippen molar-refractivity contribution in [1.82, 2.24) is 15.0 Å². The predicted octanol–water partition coefficient (Wildman–Crippen LogP) is 0.629. The van der Waals surface area contributed by atoms with E-state index in [1.807, 2.05) is 0 Å². The van der Waals surface area contributed by atoms with Crippen LogP contribution in [0.25, 0.3) is 0 Å². The van der Waals surface area contributed by atoms with Gasteiger partial charge in [0.25, 0.3) is 0 Å². The van der Waals surface area contributed by atoms with Gasteiger partial charge in [-0.05, 0) is 38.8 Å². The van der Waals surface area contributed by atoms with Crippen molar-refractivity contribution in [1.29, 1.82) is 0 Å². The van der Waals surface area contributed by atoms with Crippen LogP contribution in [0.4, 0.5) is 0 Å². The zero-order valence-electron chi connectivity index (χ0n) is 9.09. The summed E-state index contributed by atoms with van der Waals surface area (Å²) in [6.07, 6.45) is 3.79. The van der Waals surface area contributed by atoms with Crippen molar-refractivity contribution in [3.05, 3.63) is 12.2 Å². The van der Waals surface area contributed by atoms with Crippen molar-refractivity contribution in [2.24, 2.45) is 11.7 Å². The molecule has 0 aromatic carbocycles. The van der Waals surface area contributed by atoms with Crippen LogP contribution in [0.15, 0.2) is 10.9 Å². The Morgan fingerprint density at radius 2 is 2.33 bits per heavy atom. The summed E-state index contributed by atoms with van der Waals surface area (Å²) in [5, 5.41) is 3.60. The molecule has 0 amide bonds. The summed E-state index contributed by atoms with van der Waals surface area (Å²) in [5.41, 5.74) is 5.89. The number of hydrogen-bond acceptors (Lipinski definition) is 5. The lowest BCUT2D eigenvalue weighted by molar-refractivity contribution is 0.150. The molecule has 0 radical (unpaired) electrons. The van der Waals surface area contributed by atoms with E-state index in [0.717, 1.165) is 19.6 Å². The predicted molar refractivity (Wildman–Crippen MR) is 55.9 cm³/mol. The molecule has 1 aromatic heterocycles. The number of nitrogens with two attached hydrogens (primary N) is 1. The van der Waals surface area contributed by atoms with Gasteiger partial charge in [-0.3, -0.25) is 4.90 Å². The van der Waals surface area contributed by atoms with Crippen molar-refractivity contribution >= 4 is 0 Å². The molecule has 84 valence electrons. The van der Waals surface area contributed by atoms with E-state index in [1.54, 1.807) is 0 Å². The number of nitrogens with zero attached hydrogens (tertiary/aromatic N) is 3. The van der Waals surface area contributed by atoms with E-state index in [4.69, 9.17) is 10.3 Å². The monoisotopic (exact) mass is 210 g/mol. The molecule has 1 aliphatic rings. The summed E-state index contributed by atoms with van der Waals surface area (Å²) in [7, 11) is 0. The minimum absolute atomic E-state index is 0.315. The summed E-state index contributed by atoms with van der Waals surface area (Å²) in [5.74, 6) is 1.37. The van der Waals surface area contributed by atoms with Crippen molar-refractivity contribution in [3.8, 4) is 0 Å². The minimum Gasteiger partial charge on any atom is -0.338 e. The van der Waals surface area contributed by atoms with E-state index >= 15 is 0 Å². The van der Waals surface area contributed by atoms with Crippen LogP contribution in [0.3, 0.4) is 0 Å². The van der Waals surface area contributed by atoms with Gasteiger partial charge < -0.3 is 10.3 Å². The van der Waals surface area contributed by atoms with E-state index < -0.39 is 0 Å². The van der Waals surface area contributed by atoms with Crippen LogP contribution in [-0.4, -0.2) is 34.2 Å². The van der Waals surface area contributed by atoms with E-state index in [1.165, 1.54) is 19.2 Å². The van der Waals surface area contributed by atoms with Gasteiger partial charge in [0.2, 0.25) is 5.89 Å². The van der Waals surface area contributed by atoms with Crippen LogP contribution < -0.4 is 5.73 Å². The van der Waals surface area contributed by atoms with Crippen LogP contribution in [0, 0.1) is 5.92 Å². The molecular formula is C10H18N4O. The third-order valence-corrected chi connectivity index (χ3v) is 3.14. The average Bonchev–Trinajstić information content (AvgIpc) is 2.71. The number of hydrogen-bond donors (Lipinski definition) is 1. The minimum atomic E-state index is 0.315. The van der Waals surface area contributed by atoms with Crippen LogP contribution in [0.1, 0.15) is 25.7 Å². The lowest BCUT2D eigenvalue weighted by atomic mass is 9.91. The molecule has 5 nitrogen and oxygen atoms in total. The molecule has 0 spiro atoms. The fourth-order valence-corrected chi connectivity index (χ4v) is 2.09. The molecular weight excluding hydrogens is 192 g/mol. The number of aromatic nitrogens is 2. The molecule has 5 heteroatoms. The smallest absolute Gasteiger partial charge is 0.240 e. The van der Waals surface area contributed by atoms with Crippen molar-refractivity contribution < 1.29 is 4.52 Å². The highest BCUT2D eigenvalue weighted by Crippen LogP contribution is 2.20. The number of piperidine rings is 1. The number of likely N-dealkylation sites (tertiary alicyclic amines) is 1. The first-order valence-electron chi connectivity index (χ1n) is 5.49. The molecule has 2 N–H and O–H groups in total. The third-order valence-electron chi connectivity index (χ3n) is 3.14. The van der Waals surface area contributed by atoms with Gasteiger partial charge in [-0.25, -0.2) is 0 Å². The van der Waals surface area contributed by atoms with Crippen LogP contribution in [0.5, 0.6) is 0 Å². The Morgan fingerprint density at radius 1 is 1.60 bits per heavy atom. The van der Waals surface area contributed by atoms with E-state index in [-0.39, 0.29) is 0 Å². The Morgan fingerprint density at radius 3 is 2.87 bits per heavy atom. The molecule has 1 aliphatic heterocycles. The molecule has 0 bridgehead atoms. The molecule has 1 atom stereocenters. The Bertz CT molecular complexity index is 278. The van der Waals surface area contributed by atoms with E-state index in [2.05, 4.69) is 22.0 Å². The van der Waals surface area contributed by atoms with Crippen molar-refractivity contribution in [3.63, 3.8) is 0 Å². The van der Waals surface area contributed by atoms with Crippen molar-refractivity contribution in [2.75, 3.05) is 13.1 Å². The van der Waals surface area contributed by atoms with Crippen LogP contribution in [-0.2, 0) is 6.54 Å². The molecule has 1 unspecified atom stereocenters. The number of rotatable bonds is 3. The van der Waals surface area contributed by atoms with E-state index in [9.17, 15) is 0 Å². The highest BCUT2D eigenvalue weighted by molar-refractivity contribution is 4.81. The molecule has 15 heavy (non-hydrogen) atoms. The first-order chi connectivity index (χ1) is 7.25. The van der Waals surface area contributed by atoms with Crippen molar-refractivity contribution in [2.45, 2.75) is 32.4 Å². The van der Waals surface area contributed by atoms with Gasteiger partial charge in [-0.2, -0.15) is 4.98 Å². The second kappa shape index (κ2) is 4.72. The Labute approximate surface area is 89.6 Å². The third kappa shape index (κ3) is 2.76. The SMILES string of the molecule is CC(N)C1CCN(Cc2ncno2)CC1.